The summed E-state index contributed by atoms with van der Waals surface area (Å²) in [5.41, 5.74) is 4.54. The van der Waals surface area contributed by atoms with E-state index in [2.05, 4.69) is 18.0 Å². The fourth-order valence-corrected chi connectivity index (χ4v) is 3.86. The molecule has 1 heterocycles. The number of aromatic nitrogens is 1. The van der Waals surface area contributed by atoms with Gasteiger partial charge in [0.25, 0.3) is 0 Å². The second kappa shape index (κ2) is 9.98. The van der Waals surface area contributed by atoms with Gasteiger partial charge in [-0.25, -0.2) is 4.79 Å². The van der Waals surface area contributed by atoms with Crippen LogP contribution in [0.5, 0.6) is 5.75 Å². The van der Waals surface area contributed by atoms with E-state index in [0.29, 0.717) is 11.3 Å². The molecule has 1 unspecified atom stereocenters. The minimum atomic E-state index is -0.856. The molecule has 1 aromatic heterocycles. The Morgan fingerprint density at radius 2 is 1.94 bits per heavy atom. The molecule has 0 aliphatic carbocycles. The van der Waals surface area contributed by atoms with Crippen molar-refractivity contribution in [2.24, 2.45) is 0 Å². The Labute approximate surface area is 181 Å². The number of methoxy groups -OCH3 is 2. The van der Waals surface area contributed by atoms with E-state index in [1.807, 2.05) is 30.5 Å². The van der Waals surface area contributed by atoms with Crippen LogP contribution in [0.2, 0.25) is 0 Å². The van der Waals surface area contributed by atoms with Crippen molar-refractivity contribution in [3.63, 3.8) is 0 Å². The summed E-state index contributed by atoms with van der Waals surface area (Å²) in [5, 5.41) is 9.93. The van der Waals surface area contributed by atoms with Crippen molar-refractivity contribution < 1.29 is 24.2 Å². The first kappa shape index (κ1) is 22.2. The maximum absolute atomic E-state index is 11.9. The van der Waals surface area contributed by atoms with Crippen LogP contribution in [0.1, 0.15) is 59.2 Å². The summed E-state index contributed by atoms with van der Waals surface area (Å²) in [6.45, 7) is 2.14. The number of H-pyrrole nitrogens is 1. The quantitative estimate of drug-likeness (QED) is 0.453. The molecule has 0 saturated carbocycles. The molecule has 6 nitrogen and oxygen atoms in total. The molecule has 0 fully saturated rings. The van der Waals surface area contributed by atoms with E-state index < -0.39 is 11.9 Å². The lowest BCUT2D eigenvalue weighted by Gasteiger charge is -2.20. The van der Waals surface area contributed by atoms with Gasteiger partial charge >= 0.3 is 11.9 Å². The van der Waals surface area contributed by atoms with Crippen LogP contribution < -0.4 is 4.74 Å². The van der Waals surface area contributed by atoms with E-state index in [1.54, 1.807) is 25.3 Å². The Morgan fingerprint density at radius 3 is 2.61 bits per heavy atom. The Morgan fingerprint density at radius 1 is 1.13 bits per heavy atom. The monoisotopic (exact) mass is 421 g/mol. The molecule has 0 spiro atoms. The Hall–Kier alpha value is -3.54. The number of carboxylic acids is 1. The topological polar surface area (TPSA) is 88.6 Å². The van der Waals surface area contributed by atoms with Gasteiger partial charge in [-0.3, -0.25) is 4.79 Å². The van der Waals surface area contributed by atoms with Gasteiger partial charge in [0.1, 0.15) is 5.75 Å². The number of aliphatic carboxylic acids is 1. The van der Waals surface area contributed by atoms with Crippen LogP contribution in [0.25, 0.3) is 17.0 Å². The second-order valence-electron chi connectivity index (χ2n) is 7.34. The molecule has 0 aliphatic rings. The number of hydrogen-bond acceptors (Lipinski definition) is 4. The van der Waals surface area contributed by atoms with Gasteiger partial charge in [-0.1, -0.05) is 37.6 Å². The maximum Gasteiger partial charge on any atom is 0.337 e. The third-order valence-corrected chi connectivity index (χ3v) is 5.32. The van der Waals surface area contributed by atoms with Crippen LogP contribution in [-0.4, -0.2) is 36.2 Å². The summed E-state index contributed by atoms with van der Waals surface area (Å²) in [5.74, 6) is -0.543. The van der Waals surface area contributed by atoms with Crippen molar-refractivity contribution in [1.82, 2.24) is 4.98 Å². The number of aromatic amines is 1. The molecule has 0 saturated heterocycles. The standard InChI is InChI=1S/C25H27NO5/c1-4-6-18(19-11-10-17(25(29)31-3)14-23(19)30-2)21-15-26-22-12-9-16(13-20(21)22)7-5-8-24(27)28/h5,7,9-15,18,26H,4,6,8H2,1-3H3,(H,27,28)/b7-5+. The molecule has 2 aromatic carbocycles. The van der Waals surface area contributed by atoms with Crippen LogP contribution in [0.3, 0.4) is 0 Å². The highest BCUT2D eigenvalue weighted by molar-refractivity contribution is 5.90. The zero-order valence-corrected chi connectivity index (χ0v) is 18.0. The Balaban J connectivity index is 2.06. The molecular weight excluding hydrogens is 394 g/mol. The van der Waals surface area contributed by atoms with E-state index in [9.17, 15) is 9.59 Å². The lowest BCUT2D eigenvalue weighted by atomic mass is 9.86. The number of nitrogens with one attached hydrogen (secondary N) is 1. The Kier molecular flexibility index (Phi) is 7.13. The molecule has 0 radical (unpaired) electrons. The first-order valence-corrected chi connectivity index (χ1v) is 10.2. The van der Waals surface area contributed by atoms with Crippen LogP contribution in [0.15, 0.2) is 48.7 Å². The summed E-state index contributed by atoms with van der Waals surface area (Å²) >= 11 is 0. The SMILES string of the molecule is CCCC(c1ccc(C(=O)OC)cc1OC)c1c[nH]c2ccc(/C=C/CC(=O)O)cc12. The molecular formula is C25H27NO5. The minimum Gasteiger partial charge on any atom is -0.496 e. The van der Waals surface area contributed by atoms with Crippen molar-refractivity contribution in [3.8, 4) is 5.75 Å². The molecule has 31 heavy (non-hydrogen) atoms. The van der Waals surface area contributed by atoms with E-state index >= 15 is 0 Å². The molecule has 3 aromatic rings. The number of fused-ring (bicyclic) bond motifs is 1. The van der Waals surface area contributed by atoms with E-state index in [1.165, 1.54) is 7.11 Å². The van der Waals surface area contributed by atoms with Gasteiger partial charge in [0.2, 0.25) is 0 Å². The molecule has 0 aliphatic heterocycles. The highest BCUT2D eigenvalue weighted by atomic mass is 16.5. The number of esters is 1. The van der Waals surface area contributed by atoms with Gasteiger partial charge in [0, 0.05) is 28.6 Å². The zero-order chi connectivity index (χ0) is 22.4. The van der Waals surface area contributed by atoms with Gasteiger partial charge in [0.05, 0.1) is 26.2 Å². The lowest BCUT2D eigenvalue weighted by molar-refractivity contribution is -0.135. The summed E-state index contributed by atoms with van der Waals surface area (Å²) in [7, 11) is 2.96. The van der Waals surface area contributed by atoms with Crippen LogP contribution >= 0.6 is 0 Å². The predicted octanol–water partition coefficient (Wildman–Crippen LogP) is 5.38. The first-order chi connectivity index (χ1) is 15.0. The van der Waals surface area contributed by atoms with E-state index in [0.717, 1.165) is 40.4 Å². The third-order valence-electron chi connectivity index (χ3n) is 5.32. The molecule has 2 N–H and O–H groups in total. The smallest absolute Gasteiger partial charge is 0.337 e. The molecule has 3 rings (SSSR count). The van der Waals surface area contributed by atoms with Gasteiger partial charge in [-0.2, -0.15) is 0 Å². The van der Waals surface area contributed by atoms with Gasteiger partial charge in [0.15, 0.2) is 0 Å². The number of hydrogen-bond donors (Lipinski definition) is 2. The highest BCUT2D eigenvalue weighted by Gasteiger charge is 2.22. The van der Waals surface area contributed by atoms with Gasteiger partial charge < -0.3 is 19.6 Å². The van der Waals surface area contributed by atoms with Gasteiger partial charge in [-0.05, 0) is 41.8 Å². The average Bonchev–Trinajstić information content (AvgIpc) is 3.19. The second-order valence-corrected chi connectivity index (χ2v) is 7.34. The van der Waals surface area contributed by atoms with E-state index in [-0.39, 0.29) is 12.3 Å². The van der Waals surface area contributed by atoms with Crippen molar-refractivity contribution in [3.05, 3.63) is 70.9 Å². The fraction of sp³-hybridized carbons (Fsp3) is 0.280. The molecule has 1 atom stereocenters. The number of carbonyl (C=O) groups is 2. The van der Waals surface area contributed by atoms with Crippen LogP contribution in [0, 0.1) is 0 Å². The number of benzene rings is 2. The summed E-state index contributed by atoms with van der Waals surface area (Å²) in [4.78, 5) is 26.1. The number of rotatable bonds is 9. The summed E-state index contributed by atoms with van der Waals surface area (Å²) < 4.78 is 10.5. The van der Waals surface area contributed by atoms with Crippen LogP contribution in [-0.2, 0) is 9.53 Å². The molecule has 162 valence electrons. The minimum absolute atomic E-state index is 0.0137. The first-order valence-electron chi connectivity index (χ1n) is 10.2. The highest BCUT2D eigenvalue weighted by Crippen LogP contribution is 2.39. The Bertz CT molecular complexity index is 1110. The van der Waals surface area contributed by atoms with Crippen molar-refractivity contribution >= 4 is 28.9 Å². The molecule has 6 heteroatoms. The fourth-order valence-electron chi connectivity index (χ4n) is 3.86. The van der Waals surface area contributed by atoms with E-state index in [4.69, 9.17) is 14.6 Å². The normalized spacial score (nSPS) is 12.2. The van der Waals surface area contributed by atoms with Gasteiger partial charge in [-0.15, -0.1) is 0 Å². The molecule has 0 amide bonds. The number of ether oxygens (including phenoxy) is 2. The third kappa shape index (κ3) is 4.97. The largest absolute Gasteiger partial charge is 0.496 e. The van der Waals surface area contributed by atoms with Crippen molar-refractivity contribution in [2.75, 3.05) is 14.2 Å². The number of carbonyl (C=O) groups excluding carboxylic acids is 1. The van der Waals surface area contributed by atoms with Crippen LogP contribution in [0.4, 0.5) is 0 Å². The molecule has 0 bridgehead atoms. The number of carboxylic acid groups (broad SMARTS) is 1. The maximum atomic E-state index is 11.9. The van der Waals surface area contributed by atoms with Crippen molar-refractivity contribution in [1.29, 1.82) is 0 Å². The average molecular weight is 421 g/mol. The predicted molar refractivity (Wildman–Crippen MR) is 121 cm³/mol. The zero-order valence-electron chi connectivity index (χ0n) is 18.0. The van der Waals surface area contributed by atoms with Crippen molar-refractivity contribution in [2.45, 2.75) is 32.1 Å². The summed E-state index contributed by atoms with van der Waals surface area (Å²) in [6.07, 6.45) is 7.35. The lowest BCUT2D eigenvalue weighted by Crippen LogP contribution is -2.06. The summed E-state index contributed by atoms with van der Waals surface area (Å²) in [6, 6.07) is 11.4.